The number of fused-ring (bicyclic) bond motifs is 4. The molecule has 3 aliphatic rings. The maximum Gasteiger partial charge on any atom is 0.410 e. The first-order valence-electron chi connectivity index (χ1n) is 10.8. The molecule has 0 radical (unpaired) electrons. The van der Waals surface area contributed by atoms with E-state index in [0.29, 0.717) is 18.8 Å². The van der Waals surface area contributed by atoms with Crippen LogP contribution in [0.3, 0.4) is 0 Å². The Morgan fingerprint density at radius 1 is 1.29 bits per heavy atom. The molecular formula is C25H28ClNO4. The average Bonchev–Trinajstić information content (AvgIpc) is 3.47. The highest BCUT2D eigenvalue weighted by Crippen LogP contribution is 2.55. The van der Waals surface area contributed by atoms with Gasteiger partial charge in [-0.1, -0.05) is 48.9 Å². The lowest BCUT2D eigenvalue weighted by atomic mass is 9.93. The number of hydrogen-bond donors (Lipinski definition) is 1. The molecule has 164 valence electrons. The minimum Gasteiger partial charge on any atom is -0.480 e. The smallest absolute Gasteiger partial charge is 0.410 e. The number of halogens is 1. The standard InChI is InChI=1S/C25H28ClNO4/c1-4-16(26)7-10-22(24(28)29)27(3)25(30)31-13-21-17-8-5-14(2)11-20(17)23-18(21)9-6-15-12-19(15)23/h5-6,8-9,11-12,15-16,21-22H,4,7,10,13H2,1-3H3,(H,28,29)/t15?,16?,21?,22-/m0/s1. The monoisotopic (exact) mass is 441 g/mol. The van der Waals surface area contributed by atoms with Gasteiger partial charge in [-0.05, 0) is 54.0 Å². The quantitative estimate of drug-likeness (QED) is 0.556. The minimum absolute atomic E-state index is 0.0442. The molecule has 1 aromatic carbocycles. The van der Waals surface area contributed by atoms with E-state index >= 15 is 0 Å². The SMILES string of the molecule is CCC(Cl)CC[C@@H](C(=O)O)N(C)C(=O)OCC1C2=C(C3=CC3C=C2)c2cc(C)ccc21. The molecular weight excluding hydrogens is 414 g/mol. The Kier molecular flexibility index (Phi) is 5.98. The fourth-order valence-corrected chi connectivity index (χ4v) is 4.69. The molecule has 4 rings (SSSR count). The van der Waals surface area contributed by atoms with Crippen molar-refractivity contribution in [2.75, 3.05) is 13.7 Å². The number of alkyl halides is 1. The van der Waals surface area contributed by atoms with Crippen molar-refractivity contribution < 1.29 is 19.4 Å². The van der Waals surface area contributed by atoms with Gasteiger partial charge >= 0.3 is 12.1 Å². The summed E-state index contributed by atoms with van der Waals surface area (Å²) in [6.07, 6.45) is 7.54. The molecule has 0 saturated heterocycles. The Hall–Kier alpha value is -2.53. The number of carbonyl (C=O) groups is 2. The summed E-state index contributed by atoms with van der Waals surface area (Å²) < 4.78 is 5.64. The number of carbonyl (C=O) groups excluding carboxylic acids is 1. The first-order chi connectivity index (χ1) is 14.8. The van der Waals surface area contributed by atoms with Crippen LogP contribution in [0.1, 0.15) is 48.8 Å². The Balaban J connectivity index is 1.47. The van der Waals surface area contributed by atoms with Crippen molar-refractivity contribution in [1.29, 1.82) is 0 Å². The van der Waals surface area contributed by atoms with E-state index in [1.807, 2.05) is 6.92 Å². The van der Waals surface area contributed by atoms with Gasteiger partial charge in [0, 0.05) is 24.3 Å². The van der Waals surface area contributed by atoms with Gasteiger partial charge in [-0.25, -0.2) is 9.59 Å². The summed E-state index contributed by atoms with van der Waals surface area (Å²) in [5, 5.41) is 9.48. The maximum atomic E-state index is 12.7. The van der Waals surface area contributed by atoms with Crippen molar-refractivity contribution in [3.05, 3.63) is 64.3 Å². The van der Waals surface area contributed by atoms with Gasteiger partial charge in [-0.15, -0.1) is 11.6 Å². The molecule has 0 aromatic heterocycles. The van der Waals surface area contributed by atoms with E-state index < -0.39 is 18.1 Å². The summed E-state index contributed by atoms with van der Waals surface area (Å²) >= 11 is 6.14. The highest BCUT2D eigenvalue weighted by molar-refractivity contribution is 6.20. The third-order valence-corrected chi connectivity index (χ3v) is 7.04. The summed E-state index contributed by atoms with van der Waals surface area (Å²) in [5.41, 5.74) is 7.39. The topological polar surface area (TPSA) is 66.8 Å². The zero-order valence-corrected chi connectivity index (χ0v) is 18.9. The second kappa shape index (κ2) is 8.54. The summed E-state index contributed by atoms with van der Waals surface area (Å²) in [7, 11) is 1.48. The van der Waals surface area contributed by atoms with Gasteiger partial charge in [0.1, 0.15) is 12.6 Å². The number of carboxylic acid groups (broad SMARTS) is 1. The summed E-state index contributed by atoms with van der Waals surface area (Å²) in [6.45, 7) is 4.21. The molecule has 5 nitrogen and oxygen atoms in total. The first kappa shape index (κ1) is 21.7. The molecule has 1 aromatic rings. The first-order valence-corrected chi connectivity index (χ1v) is 11.3. The molecule has 0 bridgehead atoms. The lowest BCUT2D eigenvalue weighted by Gasteiger charge is -2.26. The van der Waals surface area contributed by atoms with E-state index in [1.54, 1.807) is 0 Å². The van der Waals surface area contributed by atoms with Crippen LogP contribution in [-0.4, -0.2) is 47.1 Å². The molecule has 3 aliphatic carbocycles. The highest BCUT2D eigenvalue weighted by Gasteiger charge is 2.40. The molecule has 0 saturated carbocycles. The highest BCUT2D eigenvalue weighted by atomic mass is 35.5. The molecule has 4 atom stereocenters. The summed E-state index contributed by atoms with van der Waals surface area (Å²) in [5.74, 6) is -0.657. The predicted octanol–water partition coefficient (Wildman–Crippen LogP) is 5.29. The van der Waals surface area contributed by atoms with E-state index in [1.165, 1.54) is 39.8 Å². The molecule has 6 heteroatoms. The van der Waals surface area contributed by atoms with Crippen molar-refractivity contribution >= 4 is 29.2 Å². The van der Waals surface area contributed by atoms with Gasteiger partial charge in [0.15, 0.2) is 0 Å². The van der Waals surface area contributed by atoms with Crippen LogP contribution in [0.15, 0.2) is 47.6 Å². The third kappa shape index (κ3) is 4.16. The number of benzene rings is 1. The number of carboxylic acids is 1. The normalized spacial score (nSPS) is 22.1. The average molecular weight is 442 g/mol. The molecule has 1 amide bonds. The summed E-state index contributed by atoms with van der Waals surface area (Å²) in [4.78, 5) is 25.6. The van der Waals surface area contributed by atoms with E-state index in [4.69, 9.17) is 16.3 Å². The molecule has 0 aliphatic heterocycles. The molecule has 31 heavy (non-hydrogen) atoms. The van der Waals surface area contributed by atoms with Crippen molar-refractivity contribution in [2.24, 2.45) is 5.92 Å². The Labute approximate surface area is 188 Å². The molecule has 1 N–H and O–H groups in total. The van der Waals surface area contributed by atoms with Crippen molar-refractivity contribution in [3.63, 3.8) is 0 Å². The van der Waals surface area contributed by atoms with Crippen molar-refractivity contribution in [3.8, 4) is 0 Å². The number of nitrogens with zero attached hydrogens (tertiary/aromatic N) is 1. The van der Waals surface area contributed by atoms with Gasteiger partial charge in [0.05, 0.1) is 0 Å². The predicted molar refractivity (Wildman–Crippen MR) is 121 cm³/mol. The van der Waals surface area contributed by atoms with Crippen LogP contribution < -0.4 is 0 Å². The van der Waals surface area contributed by atoms with Crippen molar-refractivity contribution in [1.82, 2.24) is 4.90 Å². The maximum absolute atomic E-state index is 12.7. The number of likely N-dealkylation sites (N-methyl/N-ethyl adjacent to an activating group) is 1. The lowest BCUT2D eigenvalue weighted by Crippen LogP contribution is -2.43. The third-order valence-electron chi connectivity index (χ3n) is 6.51. The van der Waals surface area contributed by atoms with Crippen LogP contribution in [0.5, 0.6) is 0 Å². The number of hydrogen-bond acceptors (Lipinski definition) is 3. The largest absolute Gasteiger partial charge is 0.480 e. The zero-order valence-electron chi connectivity index (χ0n) is 18.1. The Bertz CT molecular complexity index is 1010. The minimum atomic E-state index is -1.05. The van der Waals surface area contributed by atoms with Gasteiger partial charge in [0.2, 0.25) is 0 Å². The molecule has 3 unspecified atom stereocenters. The van der Waals surface area contributed by atoms with Crippen LogP contribution in [-0.2, 0) is 9.53 Å². The number of allylic oxidation sites excluding steroid dienone is 5. The Morgan fingerprint density at radius 2 is 2.06 bits per heavy atom. The van der Waals surface area contributed by atoms with Gasteiger partial charge in [-0.3, -0.25) is 4.90 Å². The van der Waals surface area contributed by atoms with Crippen LogP contribution in [0.4, 0.5) is 4.79 Å². The number of ether oxygens (including phenoxy) is 1. The number of amides is 1. The van der Waals surface area contributed by atoms with Gasteiger partial charge in [0.25, 0.3) is 0 Å². The van der Waals surface area contributed by atoms with Gasteiger partial charge in [-0.2, -0.15) is 0 Å². The van der Waals surface area contributed by atoms with E-state index in [9.17, 15) is 14.7 Å². The van der Waals surface area contributed by atoms with E-state index in [2.05, 4.69) is 43.4 Å². The fourth-order valence-electron chi connectivity index (χ4n) is 4.56. The van der Waals surface area contributed by atoms with Crippen LogP contribution in [0, 0.1) is 12.8 Å². The Morgan fingerprint density at radius 3 is 2.77 bits per heavy atom. The summed E-state index contributed by atoms with van der Waals surface area (Å²) in [6, 6.07) is 5.44. The molecule has 0 spiro atoms. The number of aryl methyl sites for hydroxylation is 1. The van der Waals surface area contributed by atoms with Gasteiger partial charge < -0.3 is 9.84 Å². The number of rotatable bonds is 8. The van der Waals surface area contributed by atoms with Crippen LogP contribution >= 0.6 is 11.6 Å². The molecule has 0 heterocycles. The number of aliphatic carboxylic acids is 1. The molecule has 0 fully saturated rings. The van der Waals surface area contributed by atoms with Crippen LogP contribution in [0.25, 0.3) is 5.57 Å². The van der Waals surface area contributed by atoms with E-state index in [-0.39, 0.29) is 17.9 Å². The zero-order chi connectivity index (χ0) is 22.3. The second-order valence-electron chi connectivity index (χ2n) is 8.61. The second-order valence-corrected chi connectivity index (χ2v) is 9.22. The van der Waals surface area contributed by atoms with E-state index in [0.717, 1.165) is 12.0 Å². The lowest BCUT2D eigenvalue weighted by molar-refractivity contribution is -0.142. The fraction of sp³-hybridized carbons (Fsp3) is 0.440. The van der Waals surface area contributed by atoms with Crippen LogP contribution in [0.2, 0.25) is 0 Å². The van der Waals surface area contributed by atoms with Crippen molar-refractivity contribution in [2.45, 2.75) is 50.4 Å².